The van der Waals surface area contributed by atoms with Gasteiger partial charge in [-0.1, -0.05) is 119 Å². The predicted octanol–water partition coefficient (Wildman–Crippen LogP) is 9.15. The van der Waals surface area contributed by atoms with Crippen molar-refractivity contribution in [2.45, 2.75) is 176 Å². The van der Waals surface area contributed by atoms with Crippen LogP contribution in [0.3, 0.4) is 0 Å². The third-order valence-electron chi connectivity index (χ3n) is 19.0. The van der Waals surface area contributed by atoms with E-state index in [9.17, 15) is 29.1 Å². The molecule has 3 aliphatic rings. The molecular weight excluding hydrogens is 1380 g/mol. The van der Waals surface area contributed by atoms with Crippen molar-refractivity contribution in [3.63, 3.8) is 0 Å². The van der Waals surface area contributed by atoms with E-state index < -0.39 is 71.9 Å². The highest BCUT2D eigenvalue weighted by Crippen LogP contribution is 2.37. The molecule has 6 amide bonds. The van der Waals surface area contributed by atoms with Gasteiger partial charge >= 0.3 is 0 Å². The first-order valence-electron chi connectivity index (χ1n) is 34.2. The zero-order valence-corrected chi connectivity index (χ0v) is 61.8. The van der Waals surface area contributed by atoms with E-state index >= 15 is 4.79 Å². The second-order valence-electron chi connectivity index (χ2n) is 27.3. The van der Waals surface area contributed by atoms with Crippen LogP contribution in [-0.4, -0.2) is 161 Å². The van der Waals surface area contributed by atoms with Gasteiger partial charge in [0.1, 0.15) is 59.8 Å². The molecule has 0 saturated carbocycles. The van der Waals surface area contributed by atoms with Crippen LogP contribution in [-0.2, 0) is 71.1 Å². The number of hydrogen-bond donors (Lipinski definition) is 5. The second-order valence-corrected chi connectivity index (χ2v) is 30.7. The summed E-state index contributed by atoms with van der Waals surface area (Å²) in [5.41, 5.74) is 13.9. The fourth-order valence-electron chi connectivity index (χ4n) is 13.5. The van der Waals surface area contributed by atoms with Gasteiger partial charge in [-0.15, -0.1) is 44.2 Å². The number of amides is 6. The van der Waals surface area contributed by atoms with Crippen molar-refractivity contribution in [1.82, 2.24) is 80.3 Å². The van der Waals surface area contributed by atoms with E-state index in [0.29, 0.717) is 22.5 Å². The molecule has 102 heavy (non-hydrogen) atoms. The molecule has 26 nitrogen and oxygen atoms in total. The van der Waals surface area contributed by atoms with Gasteiger partial charge < -0.3 is 54.7 Å². The summed E-state index contributed by atoms with van der Waals surface area (Å²) in [6, 6.07) is 20.9. The number of thiazole rings is 3. The summed E-state index contributed by atoms with van der Waals surface area (Å²) in [7, 11) is 0. The van der Waals surface area contributed by atoms with Crippen molar-refractivity contribution in [1.29, 1.82) is 0 Å². The molecular formula is C72H84N16O10S4. The SMILES string of the molecule is Cc1nnc([C@H](C(=O)N2C[C@H](OCc3noc([C@H](C(=O)N4C[C@H](OCc5nsc([C@H](C(=O)N6C[C@H](O)C[C@H]6C(=O)NCc6ccc(-c7scnc7C)cc6)C(C)C)n5)C[C@H]4C(=O)NCc4ccc(-c5scnc5C)cc4)C(C)C)n3)C[C@H]2C(=O)NCc2ccc(-c3scnc3C)cc2)C(C)C)[nH]1. The highest BCUT2D eigenvalue weighted by molar-refractivity contribution is 7.14. The van der Waals surface area contributed by atoms with E-state index in [0.717, 1.165) is 76.6 Å². The number of ether oxygens (including phenoxy) is 2. The van der Waals surface area contributed by atoms with E-state index in [1.54, 1.807) is 51.3 Å². The van der Waals surface area contributed by atoms with E-state index in [4.69, 9.17) is 24.0 Å². The maximum absolute atomic E-state index is 15.3. The number of benzene rings is 3. The molecule has 12 rings (SSSR count). The minimum atomic E-state index is -1.01. The molecule has 9 aromatic rings. The van der Waals surface area contributed by atoms with Crippen LogP contribution in [0.2, 0.25) is 0 Å². The lowest BCUT2D eigenvalue weighted by atomic mass is 9.93. The molecule has 3 saturated heterocycles. The van der Waals surface area contributed by atoms with Gasteiger partial charge in [0.25, 0.3) is 0 Å². The maximum Gasteiger partial charge on any atom is 0.243 e. The van der Waals surface area contributed by atoms with Crippen molar-refractivity contribution >= 4 is 81.0 Å². The van der Waals surface area contributed by atoms with E-state index in [-0.39, 0.29) is 119 Å². The molecule has 0 spiro atoms. The number of aromatic amines is 1. The third kappa shape index (κ3) is 16.6. The van der Waals surface area contributed by atoms with Gasteiger partial charge in [-0.05, 0) is 90.4 Å². The van der Waals surface area contributed by atoms with Crippen LogP contribution in [0.4, 0.5) is 0 Å². The van der Waals surface area contributed by atoms with E-state index in [2.05, 4.69) is 55.6 Å². The van der Waals surface area contributed by atoms with Crippen LogP contribution in [0.5, 0.6) is 0 Å². The maximum atomic E-state index is 15.3. The number of H-pyrrole nitrogens is 1. The fourth-order valence-corrected chi connectivity index (χ4v) is 16.9. The molecule has 0 radical (unpaired) electrons. The summed E-state index contributed by atoms with van der Waals surface area (Å²) >= 11 is 5.74. The minimum Gasteiger partial charge on any atom is -0.391 e. The first-order chi connectivity index (χ1) is 49.0. The zero-order valence-electron chi connectivity index (χ0n) is 58.5. The lowest BCUT2D eigenvalue weighted by molar-refractivity contribution is -0.141. The monoisotopic (exact) mass is 1460 g/mol. The number of β-amino-alcohol motifs (C(OH)–C–C–N with tert-alkyl or cyclic N) is 1. The Labute approximate surface area is 607 Å². The lowest BCUT2D eigenvalue weighted by Crippen LogP contribution is -2.48. The fraction of sp³-hybridized carbons (Fsp3) is 0.458. The first-order valence-corrected chi connectivity index (χ1v) is 37.6. The molecule has 3 aromatic carbocycles. The van der Waals surface area contributed by atoms with Gasteiger partial charge in [-0.25, -0.2) is 19.9 Å². The van der Waals surface area contributed by atoms with Crippen molar-refractivity contribution in [2.75, 3.05) is 19.6 Å². The zero-order chi connectivity index (χ0) is 72.0. The Morgan fingerprint density at radius 1 is 0.539 bits per heavy atom. The third-order valence-corrected chi connectivity index (χ3v) is 22.7. The molecule has 9 atom stereocenters. The van der Waals surface area contributed by atoms with Crippen molar-refractivity contribution in [3.8, 4) is 31.3 Å². The van der Waals surface area contributed by atoms with Gasteiger partial charge in [-0.3, -0.25) is 28.8 Å². The number of likely N-dealkylation sites (tertiary alicyclic amines) is 3. The Balaban J connectivity index is 0.715. The van der Waals surface area contributed by atoms with Gasteiger partial charge in [0, 0.05) is 58.5 Å². The number of aryl methyl sites for hydroxylation is 4. The standard InChI is InChI=1S/C72H84N16O10S4/c1-37(2)58(64-79-43(10)82-83-64)70(93)87-30-51(24-54(87)66(91)74-27-45-13-19-48(20-14-45)62-41(8)77-35-100-62)96-32-56-80-68(98-84-56)59(38(3)4)71(94)88-31-52(25-55(88)67(92)75-28-46-15-21-49(22-16-46)63-42(9)78-36-101-63)97-33-57-81-69(102-85-57)60(39(5)6)72(95)86-29-50(89)23-53(86)65(90)73-26-44-11-17-47(18-12-44)61-40(7)76-34-99-61/h11-22,34-39,50-55,58-60,89H,23-33H2,1-10H3,(H,73,90)(H,74,91)(H,75,92)(H,79,82,83)/t50-,51-,52-,53+,54+,55+,58-,59-,60-/m1/s1. The summed E-state index contributed by atoms with van der Waals surface area (Å²) in [5.74, 6) is -4.22. The van der Waals surface area contributed by atoms with Crippen molar-refractivity contribution in [3.05, 3.63) is 157 Å². The smallest absolute Gasteiger partial charge is 0.243 e. The highest BCUT2D eigenvalue weighted by atomic mass is 32.1. The number of carbonyl (C=O) groups excluding carboxylic acids is 6. The quantitative estimate of drug-likeness (QED) is 0.0320. The summed E-state index contributed by atoms with van der Waals surface area (Å²) < 4.78 is 23.5. The summed E-state index contributed by atoms with van der Waals surface area (Å²) in [4.78, 5) is 121. The van der Waals surface area contributed by atoms with Crippen molar-refractivity contribution < 1.29 is 47.9 Å². The number of carbonyl (C=O) groups is 6. The van der Waals surface area contributed by atoms with E-state index in [1.165, 1.54) is 9.80 Å². The van der Waals surface area contributed by atoms with Crippen LogP contribution in [0.25, 0.3) is 31.3 Å². The van der Waals surface area contributed by atoms with Gasteiger partial charge in [0.15, 0.2) is 11.6 Å². The van der Waals surface area contributed by atoms with E-state index in [1.807, 2.05) is 146 Å². The molecule has 0 unspecified atom stereocenters. The number of nitrogens with zero attached hydrogens (tertiary/aromatic N) is 12. The molecule has 3 aliphatic heterocycles. The molecule has 536 valence electrons. The average Bonchev–Trinajstić information content (AvgIpc) is 1.65. The number of hydrogen-bond acceptors (Lipinski definition) is 23. The van der Waals surface area contributed by atoms with Crippen molar-refractivity contribution in [2.24, 2.45) is 17.8 Å². The number of aromatic nitrogens is 10. The lowest BCUT2D eigenvalue weighted by Gasteiger charge is -2.28. The van der Waals surface area contributed by atoms with Gasteiger partial charge in [0.05, 0.1) is 72.5 Å². The molecule has 9 heterocycles. The molecule has 5 N–H and O–H groups in total. The Morgan fingerprint density at radius 3 is 1.36 bits per heavy atom. The second kappa shape index (κ2) is 32.2. The van der Waals surface area contributed by atoms with Gasteiger partial charge in [-0.2, -0.15) is 9.36 Å². The Hall–Kier alpha value is -8.91. The summed E-state index contributed by atoms with van der Waals surface area (Å²) in [6.07, 6.45) is -1.84. The average molecular weight is 1460 g/mol. The number of nitrogens with one attached hydrogen (secondary N) is 4. The minimum absolute atomic E-state index is 0.00864. The highest BCUT2D eigenvalue weighted by Gasteiger charge is 2.48. The normalized spacial score (nSPS) is 19.3. The van der Waals surface area contributed by atoms with Crippen LogP contribution < -0.4 is 16.0 Å². The van der Waals surface area contributed by atoms with Crippen LogP contribution in [0.1, 0.15) is 147 Å². The Morgan fingerprint density at radius 2 is 0.951 bits per heavy atom. The van der Waals surface area contributed by atoms with Crippen LogP contribution in [0, 0.1) is 45.4 Å². The molecule has 0 bridgehead atoms. The Bertz CT molecular complexity index is 4410. The molecule has 6 aromatic heterocycles. The molecule has 30 heteroatoms. The summed E-state index contributed by atoms with van der Waals surface area (Å²) in [5, 5.41) is 33.1. The molecule has 3 fully saturated rings. The largest absolute Gasteiger partial charge is 0.391 e. The Kier molecular flexibility index (Phi) is 23.0. The number of rotatable bonds is 27. The molecule has 0 aliphatic carbocycles. The summed E-state index contributed by atoms with van der Waals surface area (Å²) in [6.45, 7) is 19.4. The number of aliphatic hydroxyl groups excluding tert-OH is 1. The van der Waals surface area contributed by atoms with Crippen LogP contribution >= 0.6 is 45.5 Å². The first kappa shape index (κ1) is 72.9. The van der Waals surface area contributed by atoms with Crippen LogP contribution in [0.15, 0.2) is 93.9 Å². The topological polar surface area (TPSA) is 332 Å². The number of aliphatic hydroxyl groups is 1. The van der Waals surface area contributed by atoms with Gasteiger partial charge in [0.2, 0.25) is 41.3 Å². The predicted molar refractivity (Wildman–Crippen MR) is 384 cm³/mol.